The van der Waals surface area contributed by atoms with Gasteiger partial charge in [-0.05, 0) is 53.8 Å². The minimum absolute atomic E-state index is 0.0229. The number of hydrogen-bond acceptors (Lipinski definition) is 4. The fraction of sp³-hybridized carbons (Fsp3) is 0.261. The van der Waals surface area contributed by atoms with E-state index < -0.39 is 4.92 Å². The fourth-order valence-electron chi connectivity index (χ4n) is 3.96. The lowest BCUT2D eigenvalue weighted by molar-refractivity contribution is -0.384. The van der Waals surface area contributed by atoms with E-state index >= 15 is 0 Å². The van der Waals surface area contributed by atoms with E-state index in [2.05, 4.69) is 17.1 Å². The van der Waals surface area contributed by atoms with Crippen LogP contribution in [0.3, 0.4) is 0 Å². The topological polar surface area (TPSA) is 75.5 Å². The van der Waals surface area contributed by atoms with Crippen LogP contribution in [0.4, 0.5) is 17.1 Å². The highest BCUT2D eigenvalue weighted by atomic mass is 16.6. The second kappa shape index (κ2) is 7.91. The molecule has 0 bridgehead atoms. The van der Waals surface area contributed by atoms with E-state index in [1.807, 2.05) is 42.5 Å². The predicted octanol–water partition coefficient (Wildman–Crippen LogP) is 5.24. The van der Waals surface area contributed by atoms with Crippen molar-refractivity contribution in [2.75, 3.05) is 23.3 Å². The van der Waals surface area contributed by atoms with Gasteiger partial charge in [-0.1, -0.05) is 37.3 Å². The van der Waals surface area contributed by atoms with Crippen molar-refractivity contribution in [2.24, 2.45) is 5.92 Å². The molecule has 3 aromatic rings. The standard InChI is InChI=1S/C23H23N3O3/c1-16-5-4-12-25(15-16)21-11-9-19(14-22(21)26(28)29)23(27)24-20-10-8-17-6-2-3-7-18(17)13-20/h2-3,6-11,13-14,16H,4-5,12,15H2,1H3,(H,24,27)/t16-/m0/s1. The Morgan fingerprint density at radius 2 is 1.90 bits per heavy atom. The third kappa shape index (κ3) is 4.06. The average Bonchev–Trinajstić information content (AvgIpc) is 2.73. The Kier molecular flexibility index (Phi) is 5.16. The van der Waals surface area contributed by atoms with Crippen molar-refractivity contribution >= 4 is 33.7 Å². The van der Waals surface area contributed by atoms with Gasteiger partial charge in [-0.2, -0.15) is 0 Å². The molecule has 0 saturated carbocycles. The minimum Gasteiger partial charge on any atom is -0.366 e. The van der Waals surface area contributed by atoms with Crippen LogP contribution < -0.4 is 10.2 Å². The Labute approximate surface area is 169 Å². The minimum atomic E-state index is -0.401. The van der Waals surface area contributed by atoms with Gasteiger partial charge < -0.3 is 10.2 Å². The molecule has 1 heterocycles. The van der Waals surface area contributed by atoms with Crippen LogP contribution in [-0.2, 0) is 0 Å². The number of nitro benzene ring substituents is 1. The van der Waals surface area contributed by atoms with E-state index in [4.69, 9.17) is 0 Å². The van der Waals surface area contributed by atoms with Crippen molar-refractivity contribution < 1.29 is 9.72 Å². The number of nitrogens with zero attached hydrogens (tertiary/aromatic N) is 2. The summed E-state index contributed by atoms with van der Waals surface area (Å²) in [4.78, 5) is 26.0. The fourth-order valence-corrected chi connectivity index (χ4v) is 3.96. The normalized spacial score (nSPS) is 16.6. The predicted molar refractivity (Wildman–Crippen MR) is 116 cm³/mol. The van der Waals surface area contributed by atoms with Gasteiger partial charge in [0.25, 0.3) is 11.6 Å². The summed E-state index contributed by atoms with van der Waals surface area (Å²) >= 11 is 0. The highest BCUT2D eigenvalue weighted by Gasteiger charge is 2.25. The summed E-state index contributed by atoms with van der Waals surface area (Å²) in [7, 11) is 0. The molecule has 1 aliphatic rings. The maximum absolute atomic E-state index is 12.7. The molecular weight excluding hydrogens is 366 g/mol. The lowest BCUT2D eigenvalue weighted by atomic mass is 9.99. The molecule has 0 aromatic heterocycles. The Morgan fingerprint density at radius 1 is 1.10 bits per heavy atom. The summed E-state index contributed by atoms with van der Waals surface area (Å²) in [6.45, 7) is 3.75. The maximum atomic E-state index is 12.7. The first-order chi connectivity index (χ1) is 14.0. The zero-order valence-electron chi connectivity index (χ0n) is 16.3. The average molecular weight is 389 g/mol. The third-order valence-corrected chi connectivity index (χ3v) is 5.44. The molecule has 1 fully saturated rings. The lowest BCUT2D eigenvalue weighted by Crippen LogP contribution is -2.34. The van der Waals surface area contributed by atoms with Crippen LogP contribution in [0.2, 0.25) is 0 Å². The number of rotatable bonds is 4. The van der Waals surface area contributed by atoms with E-state index in [0.29, 0.717) is 17.3 Å². The van der Waals surface area contributed by atoms with Crippen LogP contribution in [0.25, 0.3) is 10.8 Å². The van der Waals surface area contributed by atoms with Crippen molar-refractivity contribution in [1.29, 1.82) is 0 Å². The molecule has 148 valence electrons. The molecule has 0 spiro atoms. The quantitative estimate of drug-likeness (QED) is 0.489. The van der Waals surface area contributed by atoms with Crippen LogP contribution in [0.15, 0.2) is 60.7 Å². The number of anilines is 2. The molecule has 0 unspecified atom stereocenters. The number of nitro groups is 1. The molecule has 1 aliphatic heterocycles. The number of carbonyl (C=O) groups is 1. The summed E-state index contributed by atoms with van der Waals surface area (Å²) in [5.41, 5.74) is 1.50. The van der Waals surface area contributed by atoms with Gasteiger partial charge in [0.2, 0.25) is 0 Å². The van der Waals surface area contributed by atoms with Gasteiger partial charge >= 0.3 is 0 Å². The highest BCUT2D eigenvalue weighted by molar-refractivity contribution is 6.06. The smallest absolute Gasteiger partial charge is 0.293 e. The van der Waals surface area contributed by atoms with Crippen LogP contribution >= 0.6 is 0 Å². The number of piperidine rings is 1. The summed E-state index contributed by atoms with van der Waals surface area (Å²) in [6, 6.07) is 18.3. The molecule has 1 amide bonds. The monoisotopic (exact) mass is 389 g/mol. The second-order valence-corrected chi connectivity index (χ2v) is 7.67. The summed E-state index contributed by atoms with van der Waals surface area (Å²) < 4.78 is 0. The zero-order chi connectivity index (χ0) is 20.4. The molecule has 29 heavy (non-hydrogen) atoms. The van der Waals surface area contributed by atoms with Gasteiger partial charge in [0, 0.05) is 30.4 Å². The van der Waals surface area contributed by atoms with Crippen LogP contribution in [0.1, 0.15) is 30.1 Å². The molecule has 4 rings (SSSR count). The largest absolute Gasteiger partial charge is 0.366 e. The molecular formula is C23H23N3O3. The molecule has 1 N–H and O–H groups in total. The van der Waals surface area contributed by atoms with E-state index in [9.17, 15) is 14.9 Å². The SMILES string of the molecule is C[C@H]1CCCN(c2ccc(C(=O)Nc3ccc4ccccc4c3)cc2[N+](=O)[O-])C1. The lowest BCUT2D eigenvalue weighted by Gasteiger charge is -2.32. The van der Waals surface area contributed by atoms with Crippen LogP contribution in [0.5, 0.6) is 0 Å². The second-order valence-electron chi connectivity index (χ2n) is 7.67. The molecule has 1 atom stereocenters. The van der Waals surface area contributed by atoms with E-state index in [0.717, 1.165) is 36.7 Å². The van der Waals surface area contributed by atoms with Gasteiger partial charge in [0.05, 0.1) is 4.92 Å². The Morgan fingerprint density at radius 3 is 2.66 bits per heavy atom. The summed E-state index contributed by atoms with van der Waals surface area (Å²) in [5.74, 6) is 0.140. The first kappa shape index (κ1) is 18.9. The Bertz CT molecular complexity index is 1080. The van der Waals surface area contributed by atoms with Crippen molar-refractivity contribution in [2.45, 2.75) is 19.8 Å². The van der Waals surface area contributed by atoms with Crippen LogP contribution in [0, 0.1) is 16.0 Å². The highest BCUT2D eigenvalue weighted by Crippen LogP contribution is 2.32. The number of carbonyl (C=O) groups excluding carboxylic acids is 1. The number of nitrogens with one attached hydrogen (secondary N) is 1. The van der Waals surface area contributed by atoms with Gasteiger partial charge in [-0.25, -0.2) is 0 Å². The van der Waals surface area contributed by atoms with Crippen molar-refractivity contribution in [1.82, 2.24) is 0 Å². The van der Waals surface area contributed by atoms with E-state index in [1.54, 1.807) is 12.1 Å². The third-order valence-electron chi connectivity index (χ3n) is 5.44. The molecule has 0 aliphatic carbocycles. The van der Waals surface area contributed by atoms with Gasteiger partial charge in [0.15, 0.2) is 0 Å². The van der Waals surface area contributed by atoms with E-state index in [1.165, 1.54) is 6.07 Å². The Balaban J connectivity index is 1.59. The van der Waals surface area contributed by atoms with Crippen molar-refractivity contribution in [3.63, 3.8) is 0 Å². The number of benzene rings is 3. The number of amides is 1. The summed E-state index contributed by atoms with van der Waals surface area (Å²) in [5, 5.41) is 16.6. The van der Waals surface area contributed by atoms with E-state index in [-0.39, 0.29) is 17.2 Å². The molecule has 6 heteroatoms. The van der Waals surface area contributed by atoms with Gasteiger partial charge in [-0.15, -0.1) is 0 Å². The molecule has 0 radical (unpaired) electrons. The zero-order valence-corrected chi connectivity index (χ0v) is 16.3. The first-order valence-electron chi connectivity index (χ1n) is 9.85. The number of hydrogen-bond donors (Lipinski definition) is 1. The van der Waals surface area contributed by atoms with Crippen molar-refractivity contribution in [3.05, 3.63) is 76.3 Å². The Hall–Kier alpha value is -3.41. The molecule has 3 aromatic carbocycles. The molecule has 6 nitrogen and oxygen atoms in total. The van der Waals surface area contributed by atoms with Crippen LogP contribution in [-0.4, -0.2) is 23.9 Å². The summed E-state index contributed by atoms with van der Waals surface area (Å²) in [6.07, 6.45) is 2.15. The number of fused-ring (bicyclic) bond motifs is 1. The van der Waals surface area contributed by atoms with Crippen molar-refractivity contribution in [3.8, 4) is 0 Å². The van der Waals surface area contributed by atoms with Gasteiger partial charge in [-0.3, -0.25) is 14.9 Å². The van der Waals surface area contributed by atoms with Gasteiger partial charge in [0.1, 0.15) is 5.69 Å². The first-order valence-corrected chi connectivity index (χ1v) is 9.85. The molecule has 1 saturated heterocycles. The maximum Gasteiger partial charge on any atom is 0.293 e.